The lowest BCUT2D eigenvalue weighted by atomic mass is 10.00. The standard InChI is InChI=1S/C17H25NO3/c1-4-5-15(19)14-8-9-18(12-14)11-13-6-7-16(20-2)17(10-13)21-3/h6-7,10,14H,4-5,8-9,11-12H2,1-3H3. The Morgan fingerprint density at radius 3 is 2.71 bits per heavy atom. The quantitative estimate of drug-likeness (QED) is 0.774. The third-order valence-corrected chi connectivity index (χ3v) is 4.08. The van der Waals surface area contributed by atoms with Crippen LogP contribution in [0, 0.1) is 5.92 Å². The van der Waals surface area contributed by atoms with E-state index in [0.717, 1.165) is 50.4 Å². The van der Waals surface area contributed by atoms with Gasteiger partial charge in [-0.2, -0.15) is 0 Å². The molecule has 4 nitrogen and oxygen atoms in total. The zero-order valence-electron chi connectivity index (χ0n) is 13.2. The first-order valence-corrected chi connectivity index (χ1v) is 7.63. The maximum Gasteiger partial charge on any atom is 0.161 e. The Kier molecular flexibility index (Phi) is 5.62. The number of benzene rings is 1. The molecule has 1 unspecified atom stereocenters. The monoisotopic (exact) mass is 291 g/mol. The molecular weight excluding hydrogens is 266 g/mol. The van der Waals surface area contributed by atoms with Gasteiger partial charge in [0.15, 0.2) is 11.5 Å². The van der Waals surface area contributed by atoms with E-state index >= 15 is 0 Å². The van der Waals surface area contributed by atoms with Gasteiger partial charge in [0.05, 0.1) is 14.2 Å². The van der Waals surface area contributed by atoms with Gasteiger partial charge >= 0.3 is 0 Å². The molecule has 1 aromatic rings. The Hall–Kier alpha value is -1.55. The predicted octanol–water partition coefficient (Wildman–Crippen LogP) is 2.89. The summed E-state index contributed by atoms with van der Waals surface area (Å²) in [6.07, 6.45) is 2.66. The second kappa shape index (κ2) is 7.46. The number of nitrogens with zero attached hydrogens (tertiary/aromatic N) is 1. The number of carbonyl (C=O) groups is 1. The van der Waals surface area contributed by atoms with Gasteiger partial charge in [-0.05, 0) is 37.1 Å². The van der Waals surface area contributed by atoms with Gasteiger partial charge in [-0.15, -0.1) is 0 Å². The first kappa shape index (κ1) is 15.8. The molecule has 0 saturated carbocycles. The Morgan fingerprint density at radius 1 is 1.29 bits per heavy atom. The van der Waals surface area contributed by atoms with Gasteiger partial charge in [-0.1, -0.05) is 13.0 Å². The van der Waals surface area contributed by atoms with Gasteiger partial charge in [0.1, 0.15) is 5.78 Å². The molecule has 1 saturated heterocycles. The smallest absolute Gasteiger partial charge is 0.161 e. The van der Waals surface area contributed by atoms with E-state index in [0.29, 0.717) is 5.78 Å². The van der Waals surface area contributed by atoms with Crippen LogP contribution in [0.5, 0.6) is 11.5 Å². The summed E-state index contributed by atoms with van der Waals surface area (Å²) in [4.78, 5) is 14.3. The molecule has 4 heteroatoms. The summed E-state index contributed by atoms with van der Waals surface area (Å²) < 4.78 is 10.6. The van der Waals surface area contributed by atoms with Crippen molar-refractivity contribution in [2.24, 2.45) is 5.92 Å². The fourth-order valence-electron chi connectivity index (χ4n) is 2.93. The second-order valence-corrected chi connectivity index (χ2v) is 5.63. The van der Waals surface area contributed by atoms with Crippen LogP contribution in [-0.2, 0) is 11.3 Å². The van der Waals surface area contributed by atoms with Crippen molar-refractivity contribution in [3.8, 4) is 11.5 Å². The summed E-state index contributed by atoms with van der Waals surface area (Å²) >= 11 is 0. The molecular formula is C17H25NO3. The van der Waals surface area contributed by atoms with Crippen LogP contribution in [0.3, 0.4) is 0 Å². The van der Waals surface area contributed by atoms with Crippen molar-refractivity contribution < 1.29 is 14.3 Å². The molecule has 1 aromatic carbocycles. The molecule has 0 N–H and O–H groups in total. The number of rotatable bonds is 7. The van der Waals surface area contributed by atoms with Crippen molar-refractivity contribution in [3.63, 3.8) is 0 Å². The molecule has 1 atom stereocenters. The van der Waals surface area contributed by atoms with Crippen molar-refractivity contribution in [3.05, 3.63) is 23.8 Å². The number of carbonyl (C=O) groups excluding carboxylic acids is 1. The van der Waals surface area contributed by atoms with E-state index in [2.05, 4.69) is 17.9 Å². The molecule has 2 rings (SSSR count). The molecule has 0 radical (unpaired) electrons. The molecule has 1 heterocycles. The summed E-state index contributed by atoms with van der Waals surface area (Å²) in [5.74, 6) is 2.16. The molecule has 0 aromatic heterocycles. The Morgan fingerprint density at radius 2 is 2.05 bits per heavy atom. The Balaban J connectivity index is 1.95. The van der Waals surface area contributed by atoms with Gasteiger partial charge in [0, 0.05) is 25.4 Å². The average Bonchev–Trinajstić information content (AvgIpc) is 2.96. The first-order chi connectivity index (χ1) is 10.2. The van der Waals surface area contributed by atoms with Crippen LogP contribution in [0.15, 0.2) is 18.2 Å². The van der Waals surface area contributed by atoms with E-state index in [1.54, 1.807) is 14.2 Å². The minimum absolute atomic E-state index is 0.227. The van der Waals surface area contributed by atoms with Crippen LogP contribution in [0.4, 0.5) is 0 Å². The highest BCUT2D eigenvalue weighted by atomic mass is 16.5. The zero-order valence-corrected chi connectivity index (χ0v) is 13.2. The maximum absolute atomic E-state index is 12.0. The van der Waals surface area contributed by atoms with Gasteiger partial charge in [-0.3, -0.25) is 9.69 Å². The minimum Gasteiger partial charge on any atom is -0.493 e. The van der Waals surface area contributed by atoms with Crippen LogP contribution < -0.4 is 9.47 Å². The van der Waals surface area contributed by atoms with Crippen molar-refractivity contribution in [2.45, 2.75) is 32.7 Å². The highest BCUT2D eigenvalue weighted by Gasteiger charge is 2.27. The maximum atomic E-state index is 12.0. The summed E-state index contributed by atoms with van der Waals surface area (Å²) in [6.45, 7) is 4.80. The molecule has 0 spiro atoms. The highest BCUT2D eigenvalue weighted by molar-refractivity contribution is 5.81. The summed E-state index contributed by atoms with van der Waals surface area (Å²) in [5, 5.41) is 0. The topological polar surface area (TPSA) is 38.8 Å². The van der Waals surface area contributed by atoms with Gasteiger partial charge in [0.2, 0.25) is 0 Å². The Bertz CT molecular complexity index is 487. The zero-order chi connectivity index (χ0) is 15.2. The molecule has 1 aliphatic heterocycles. The lowest BCUT2D eigenvalue weighted by Crippen LogP contribution is -2.23. The normalized spacial score (nSPS) is 18.7. The molecule has 0 bridgehead atoms. The highest BCUT2D eigenvalue weighted by Crippen LogP contribution is 2.29. The van der Waals surface area contributed by atoms with E-state index in [4.69, 9.17) is 9.47 Å². The molecule has 1 aliphatic rings. The fourth-order valence-corrected chi connectivity index (χ4v) is 2.93. The summed E-state index contributed by atoms with van der Waals surface area (Å²) in [5.41, 5.74) is 1.19. The number of ketones is 1. The fraction of sp³-hybridized carbons (Fsp3) is 0.588. The van der Waals surface area contributed by atoms with E-state index in [-0.39, 0.29) is 5.92 Å². The SMILES string of the molecule is CCCC(=O)C1CCN(Cc2ccc(OC)c(OC)c2)C1. The van der Waals surface area contributed by atoms with Crippen molar-refractivity contribution in [1.82, 2.24) is 4.90 Å². The lowest BCUT2D eigenvalue weighted by Gasteiger charge is -2.17. The number of methoxy groups -OCH3 is 2. The largest absolute Gasteiger partial charge is 0.493 e. The van der Waals surface area contributed by atoms with Crippen molar-refractivity contribution in [2.75, 3.05) is 27.3 Å². The van der Waals surface area contributed by atoms with Crippen LogP contribution in [-0.4, -0.2) is 38.0 Å². The molecule has 0 aliphatic carbocycles. The third-order valence-electron chi connectivity index (χ3n) is 4.08. The van der Waals surface area contributed by atoms with E-state index in [1.165, 1.54) is 5.56 Å². The third kappa shape index (κ3) is 3.97. The number of likely N-dealkylation sites (tertiary alicyclic amines) is 1. The first-order valence-electron chi connectivity index (χ1n) is 7.63. The van der Waals surface area contributed by atoms with Gasteiger partial charge in [-0.25, -0.2) is 0 Å². The molecule has 0 amide bonds. The number of Topliss-reactive ketones (excluding diaryl/α,β-unsaturated/α-hetero) is 1. The number of hydrogen-bond acceptors (Lipinski definition) is 4. The summed E-state index contributed by atoms with van der Waals surface area (Å²) in [6, 6.07) is 6.01. The van der Waals surface area contributed by atoms with E-state index in [1.807, 2.05) is 12.1 Å². The van der Waals surface area contributed by atoms with Crippen LogP contribution >= 0.6 is 0 Å². The molecule has 1 fully saturated rings. The second-order valence-electron chi connectivity index (χ2n) is 5.63. The summed E-state index contributed by atoms with van der Waals surface area (Å²) in [7, 11) is 3.29. The predicted molar refractivity (Wildman–Crippen MR) is 82.8 cm³/mol. The van der Waals surface area contributed by atoms with Gasteiger partial charge < -0.3 is 9.47 Å². The van der Waals surface area contributed by atoms with Crippen LogP contribution in [0.2, 0.25) is 0 Å². The van der Waals surface area contributed by atoms with Crippen LogP contribution in [0.25, 0.3) is 0 Å². The lowest BCUT2D eigenvalue weighted by molar-refractivity contribution is -0.122. The molecule has 116 valence electrons. The molecule has 21 heavy (non-hydrogen) atoms. The van der Waals surface area contributed by atoms with E-state index < -0.39 is 0 Å². The van der Waals surface area contributed by atoms with Crippen molar-refractivity contribution >= 4 is 5.78 Å². The van der Waals surface area contributed by atoms with E-state index in [9.17, 15) is 4.79 Å². The number of ether oxygens (including phenoxy) is 2. The number of hydrogen-bond donors (Lipinski definition) is 0. The van der Waals surface area contributed by atoms with Gasteiger partial charge in [0.25, 0.3) is 0 Å². The Labute approximate surface area is 127 Å². The average molecular weight is 291 g/mol. The minimum atomic E-state index is 0.227. The van der Waals surface area contributed by atoms with Crippen LogP contribution in [0.1, 0.15) is 31.7 Å². The van der Waals surface area contributed by atoms with Crippen molar-refractivity contribution in [1.29, 1.82) is 0 Å².